The van der Waals surface area contributed by atoms with Crippen LogP contribution >= 0.6 is 0 Å². The van der Waals surface area contributed by atoms with Crippen molar-refractivity contribution < 1.29 is 39.8 Å². The van der Waals surface area contributed by atoms with E-state index in [0.29, 0.717) is 12.8 Å². The molecule has 1 aliphatic rings. The smallest absolute Gasteiger partial charge is 0.220 e. The summed E-state index contributed by atoms with van der Waals surface area (Å²) in [6, 6.07) is -0.731. The molecule has 0 aromatic heterocycles. The molecule has 69 heavy (non-hydrogen) atoms. The molecule has 1 aliphatic heterocycles. The number of hydrogen-bond donors (Lipinski definition) is 6. The Balaban J connectivity index is 2.23. The summed E-state index contributed by atoms with van der Waals surface area (Å²) in [6.07, 6.45) is 61.7. The number of rotatable bonds is 47. The van der Waals surface area contributed by atoms with Crippen molar-refractivity contribution in [2.24, 2.45) is 0 Å². The van der Waals surface area contributed by atoms with Crippen LogP contribution in [0.2, 0.25) is 0 Å². The average Bonchev–Trinajstić information content (AvgIpc) is 3.35. The van der Waals surface area contributed by atoms with Crippen molar-refractivity contribution in [1.29, 1.82) is 0 Å². The molecule has 0 aromatic rings. The van der Waals surface area contributed by atoms with Gasteiger partial charge in [-0.05, 0) is 70.6 Å². The van der Waals surface area contributed by atoms with Crippen molar-refractivity contribution in [3.05, 3.63) is 85.1 Å². The molecular weight excluding hydrogens is 863 g/mol. The Morgan fingerprint density at radius 1 is 0.507 bits per heavy atom. The molecule has 9 heteroatoms. The normalized spacial score (nSPS) is 20.1. The van der Waals surface area contributed by atoms with Crippen LogP contribution in [0.25, 0.3) is 0 Å². The van der Waals surface area contributed by atoms with Crippen molar-refractivity contribution in [2.75, 3.05) is 13.2 Å². The van der Waals surface area contributed by atoms with E-state index in [1.165, 1.54) is 109 Å². The molecule has 0 saturated carbocycles. The Kier molecular flexibility index (Phi) is 45.7. The third-order valence-corrected chi connectivity index (χ3v) is 13.0. The summed E-state index contributed by atoms with van der Waals surface area (Å²) in [6.45, 7) is 3.72. The molecular formula is C60H105NO8. The summed E-state index contributed by atoms with van der Waals surface area (Å²) in [5, 5.41) is 54.6. The number of hydrogen-bond acceptors (Lipinski definition) is 8. The second-order valence-electron chi connectivity index (χ2n) is 19.4. The second kappa shape index (κ2) is 49.0. The minimum absolute atomic E-state index is 0.147. The van der Waals surface area contributed by atoms with E-state index in [1.807, 2.05) is 0 Å². The Morgan fingerprint density at radius 2 is 0.899 bits per heavy atom. The molecule has 6 N–H and O–H groups in total. The minimum Gasteiger partial charge on any atom is -0.394 e. The van der Waals surface area contributed by atoms with Crippen LogP contribution in [-0.2, 0) is 14.3 Å². The Morgan fingerprint density at radius 3 is 1.33 bits per heavy atom. The number of carbonyl (C=O) groups is 1. The third-order valence-electron chi connectivity index (χ3n) is 13.0. The Hall–Kier alpha value is -2.63. The van der Waals surface area contributed by atoms with Gasteiger partial charge in [0.1, 0.15) is 24.4 Å². The molecule has 0 bridgehead atoms. The summed E-state index contributed by atoms with van der Waals surface area (Å²) in [5.41, 5.74) is 0. The molecule has 1 fully saturated rings. The number of amides is 1. The Bertz CT molecular complexity index is 1350. The molecule has 398 valence electrons. The van der Waals surface area contributed by atoms with Crippen molar-refractivity contribution >= 4 is 5.91 Å². The molecule has 1 amide bonds. The van der Waals surface area contributed by atoms with Crippen LogP contribution < -0.4 is 5.32 Å². The molecule has 1 rings (SSSR count). The minimum atomic E-state index is -1.56. The fraction of sp³-hybridized carbons (Fsp3) is 0.750. The van der Waals surface area contributed by atoms with E-state index in [1.54, 1.807) is 0 Å². The predicted octanol–water partition coefficient (Wildman–Crippen LogP) is 13.8. The van der Waals surface area contributed by atoms with Gasteiger partial charge in [-0.3, -0.25) is 4.79 Å². The van der Waals surface area contributed by atoms with Crippen LogP contribution in [0.3, 0.4) is 0 Å². The van der Waals surface area contributed by atoms with Gasteiger partial charge in [-0.1, -0.05) is 240 Å². The highest BCUT2D eigenvalue weighted by Gasteiger charge is 2.44. The molecule has 1 heterocycles. The molecule has 9 nitrogen and oxygen atoms in total. The van der Waals surface area contributed by atoms with Crippen LogP contribution in [0.5, 0.6) is 0 Å². The lowest BCUT2D eigenvalue weighted by molar-refractivity contribution is -0.302. The lowest BCUT2D eigenvalue weighted by Gasteiger charge is -2.40. The van der Waals surface area contributed by atoms with Crippen molar-refractivity contribution in [3.63, 3.8) is 0 Å². The third kappa shape index (κ3) is 38.7. The number of carbonyl (C=O) groups excluding carboxylic acids is 1. The van der Waals surface area contributed by atoms with Gasteiger partial charge in [0.05, 0.1) is 25.4 Å². The summed E-state index contributed by atoms with van der Waals surface area (Å²) in [4.78, 5) is 13.1. The first-order valence-electron chi connectivity index (χ1n) is 28.3. The first-order valence-corrected chi connectivity index (χ1v) is 28.3. The number of aliphatic hydroxyl groups excluding tert-OH is 5. The molecule has 0 spiro atoms. The van der Waals surface area contributed by atoms with Gasteiger partial charge in [0.15, 0.2) is 6.29 Å². The van der Waals surface area contributed by atoms with E-state index in [2.05, 4.69) is 104 Å². The highest BCUT2D eigenvalue weighted by atomic mass is 16.7. The lowest BCUT2D eigenvalue weighted by atomic mass is 9.99. The highest BCUT2D eigenvalue weighted by Crippen LogP contribution is 2.23. The van der Waals surface area contributed by atoms with Gasteiger partial charge in [-0.25, -0.2) is 0 Å². The van der Waals surface area contributed by atoms with Gasteiger partial charge in [-0.2, -0.15) is 0 Å². The largest absolute Gasteiger partial charge is 0.394 e. The number of unbranched alkanes of at least 4 members (excludes halogenated alkanes) is 23. The van der Waals surface area contributed by atoms with Crippen LogP contribution in [0, 0.1) is 0 Å². The van der Waals surface area contributed by atoms with E-state index in [9.17, 15) is 30.3 Å². The molecule has 7 atom stereocenters. The summed E-state index contributed by atoms with van der Waals surface area (Å²) in [5.74, 6) is -0.158. The maximum absolute atomic E-state index is 13.1. The molecule has 7 unspecified atom stereocenters. The topological polar surface area (TPSA) is 149 Å². The van der Waals surface area contributed by atoms with E-state index in [-0.39, 0.29) is 12.5 Å². The van der Waals surface area contributed by atoms with Crippen molar-refractivity contribution in [2.45, 2.75) is 275 Å². The van der Waals surface area contributed by atoms with Gasteiger partial charge in [0.2, 0.25) is 5.91 Å². The molecule has 0 radical (unpaired) electrons. The van der Waals surface area contributed by atoms with E-state index < -0.39 is 49.5 Å². The van der Waals surface area contributed by atoms with Crippen LogP contribution in [0.4, 0.5) is 0 Å². The molecule has 0 aliphatic carbocycles. The van der Waals surface area contributed by atoms with Crippen LogP contribution in [0.1, 0.15) is 232 Å². The number of aliphatic hydroxyl groups is 5. The summed E-state index contributed by atoms with van der Waals surface area (Å²) >= 11 is 0. The summed E-state index contributed by atoms with van der Waals surface area (Å²) < 4.78 is 11.3. The quantitative estimate of drug-likeness (QED) is 0.0261. The van der Waals surface area contributed by atoms with Gasteiger partial charge < -0.3 is 40.3 Å². The van der Waals surface area contributed by atoms with Crippen LogP contribution in [-0.4, -0.2) is 87.5 Å². The second-order valence-corrected chi connectivity index (χ2v) is 19.4. The van der Waals surface area contributed by atoms with E-state index >= 15 is 0 Å². The number of ether oxygens (including phenoxy) is 2. The zero-order valence-electron chi connectivity index (χ0n) is 44.0. The van der Waals surface area contributed by atoms with Gasteiger partial charge in [-0.15, -0.1) is 0 Å². The van der Waals surface area contributed by atoms with Gasteiger partial charge in [0.25, 0.3) is 0 Å². The zero-order chi connectivity index (χ0) is 50.1. The van der Waals surface area contributed by atoms with Gasteiger partial charge >= 0.3 is 0 Å². The first kappa shape index (κ1) is 64.4. The fourth-order valence-electron chi connectivity index (χ4n) is 8.55. The first-order chi connectivity index (χ1) is 33.8. The standard InChI is InChI=1S/C60H105NO8/c1-3-5-7-9-11-13-15-17-19-21-22-23-24-25-26-27-28-29-30-31-32-34-36-38-40-42-44-46-48-50-56(64)61-53(52-68-60-59(67)58(66)57(65)55(51-62)69-60)54(63)49-47-45-43-41-39-37-35-33-20-18-16-14-12-10-8-6-4-2/h5,7,11,13,17,19,22-23,25-26,28-29,31-32,53-55,57-60,62-63,65-67H,3-4,6,8-10,12,14-16,18,20-21,24,27,30,33-52H2,1-2H3,(H,61,64)/b7-5-,13-11-,19-17-,23-22-,26-25-,29-28-,32-31-. The number of allylic oxidation sites excluding steroid dienone is 14. The van der Waals surface area contributed by atoms with E-state index in [4.69, 9.17) is 9.47 Å². The van der Waals surface area contributed by atoms with E-state index in [0.717, 1.165) is 96.3 Å². The SMILES string of the molecule is CC/C=C\C/C=C\C/C=C\C/C=C\C/C=C\C/C=C\C/C=C\CCCCCCCCCC(=O)NC(COC1OC(CO)C(O)C(O)C1O)C(O)CCCCCCCCCCCCCCCCCCC. The monoisotopic (exact) mass is 968 g/mol. The lowest BCUT2D eigenvalue weighted by Crippen LogP contribution is -2.60. The number of nitrogens with one attached hydrogen (secondary N) is 1. The van der Waals surface area contributed by atoms with Crippen molar-refractivity contribution in [1.82, 2.24) is 5.32 Å². The van der Waals surface area contributed by atoms with Gasteiger partial charge in [0, 0.05) is 6.42 Å². The molecule has 0 aromatic carbocycles. The zero-order valence-corrected chi connectivity index (χ0v) is 44.0. The van der Waals surface area contributed by atoms with Crippen molar-refractivity contribution in [3.8, 4) is 0 Å². The van der Waals surface area contributed by atoms with Crippen LogP contribution in [0.15, 0.2) is 85.1 Å². The average molecular weight is 968 g/mol. The maximum Gasteiger partial charge on any atom is 0.220 e. The Labute approximate surface area is 422 Å². The fourth-order valence-corrected chi connectivity index (χ4v) is 8.55. The maximum atomic E-state index is 13.1. The summed E-state index contributed by atoms with van der Waals surface area (Å²) in [7, 11) is 0. The highest BCUT2D eigenvalue weighted by molar-refractivity contribution is 5.76. The predicted molar refractivity (Wildman–Crippen MR) is 290 cm³/mol. The molecule has 1 saturated heterocycles.